The molecule has 1 fully saturated rings. The summed E-state index contributed by atoms with van der Waals surface area (Å²) in [6, 6.07) is 5.06. The fraction of sp³-hybridized carbons (Fsp3) is 0.353. The number of nitrogens with zero attached hydrogens (tertiary/aromatic N) is 2. The molecular formula is C17H19N3O4S. The third-order valence-electron chi connectivity index (χ3n) is 4.23. The summed E-state index contributed by atoms with van der Waals surface area (Å²) < 4.78 is 5.48. The van der Waals surface area contributed by atoms with Crippen LogP contribution < -0.4 is 5.32 Å². The van der Waals surface area contributed by atoms with Crippen molar-refractivity contribution in [3.05, 3.63) is 46.5 Å². The van der Waals surface area contributed by atoms with Gasteiger partial charge in [0, 0.05) is 26.2 Å². The molecule has 2 aromatic rings. The Morgan fingerprint density at radius 3 is 2.80 bits per heavy atom. The molecule has 1 aliphatic heterocycles. The van der Waals surface area contributed by atoms with E-state index in [2.05, 4.69) is 5.32 Å². The van der Waals surface area contributed by atoms with E-state index < -0.39 is 17.8 Å². The van der Waals surface area contributed by atoms with Gasteiger partial charge in [-0.1, -0.05) is 0 Å². The van der Waals surface area contributed by atoms with E-state index in [1.807, 2.05) is 22.9 Å². The number of imide groups is 1. The van der Waals surface area contributed by atoms with Crippen LogP contribution in [0.15, 0.2) is 39.6 Å². The highest BCUT2D eigenvalue weighted by molar-refractivity contribution is 7.08. The van der Waals surface area contributed by atoms with Crippen molar-refractivity contribution in [3.63, 3.8) is 0 Å². The maximum atomic E-state index is 12.4. The van der Waals surface area contributed by atoms with E-state index in [9.17, 15) is 14.4 Å². The van der Waals surface area contributed by atoms with E-state index in [1.165, 1.54) is 4.90 Å². The number of piperazine rings is 1. The van der Waals surface area contributed by atoms with Crippen molar-refractivity contribution in [1.82, 2.24) is 15.1 Å². The Bertz CT molecular complexity index is 708. The van der Waals surface area contributed by atoms with Crippen molar-refractivity contribution < 1.29 is 18.8 Å². The van der Waals surface area contributed by atoms with Crippen molar-refractivity contribution in [2.45, 2.75) is 12.8 Å². The maximum absolute atomic E-state index is 12.4. The van der Waals surface area contributed by atoms with Gasteiger partial charge in [-0.3, -0.25) is 14.5 Å². The SMILES string of the molecule is CCN1CCN(C(=O)NCC(c2ccsc2)c2ccco2)C(=O)C1=O. The van der Waals surface area contributed by atoms with Crippen molar-refractivity contribution in [1.29, 1.82) is 0 Å². The van der Waals surface area contributed by atoms with Crippen LogP contribution in [-0.2, 0) is 9.59 Å². The van der Waals surface area contributed by atoms with E-state index in [0.29, 0.717) is 13.1 Å². The average Bonchev–Trinajstić information content (AvgIpc) is 3.31. The second-order valence-corrected chi connectivity index (χ2v) is 6.43. The second-order valence-electron chi connectivity index (χ2n) is 5.65. The quantitative estimate of drug-likeness (QED) is 0.824. The molecule has 2 aromatic heterocycles. The van der Waals surface area contributed by atoms with Gasteiger partial charge in [-0.25, -0.2) is 4.79 Å². The van der Waals surface area contributed by atoms with Crippen molar-refractivity contribution >= 4 is 29.2 Å². The van der Waals surface area contributed by atoms with Crippen LogP contribution in [0.2, 0.25) is 0 Å². The van der Waals surface area contributed by atoms with Crippen LogP contribution in [0, 0.1) is 0 Å². The second kappa shape index (κ2) is 7.52. The number of nitrogens with one attached hydrogen (secondary N) is 1. The molecule has 8 heteroatoms. The number of thiophene rings is 1. The molecule has 4 amide bonds. The Morgan fingerprint density at radius 2 is 2.16 bits per heavy atom. The minimum Gasteiger partial charge on any atom is -0.469 e. The molecule has 1 N–H and O–H groups in total. The smallest absolute Gasteiger partial charge is 0.324 e. The van der Waals surface area contributed by atoms with Gasteiger partial charge in [0.1, 0.15) is 5.76 Å². The number of amides is 4. The molecule has 1 aliphatic rings. The van der Waals surface area contributed by atoms with Gasteiger partial charge >= 0.3 is 17.8 Å². The van der Waals surface area contributed by atoms with Gasteiger partial charge in [0.25, 0.3) is 0 Å². The fourth-order valence-corrected chi connectivity index (χ4v) is 3.51. The van der Waals surface area contributed by atoms with E-state index in [1.54, 1.807) is 30.6 Å². The van der Waals surface area contributed by atoms with E-state index in [-0.39, 0.29) is 19.0 Å². The third-order valence-corrected chi connectivity index (χ3v) is 4.93. The molecule has 0 aromatic carbocycles. The number of carbonyl (C=O) groups is 3. The van der Waals surface area contributed by atoms with E-state index in [4.69, 9.17) is 4.42 Å². The molecule has 25 heavy (non-hydrogen) atoms. The van der Waals surface area contributed by atoms with E-state index in [0.717, 1.165) is 16.2 Å². The lowest BCUT2D eigenvalue weighted by atomic mass is 9.99. The molecule has 0 radical (unpaired) electrons. The van der Waals surface area contributed by atoms with Crippen molar-refractivity contribution in [2.75, 3.05) is 26.2 Å². The molecule has 1 atom stereocenters. The molecule has 3 rings (SSSR count). The van der Waals surface area contributed by atoms with Crippen LogP contribution in [-0.4, -0.2) is 53.8 Å². The average molecular weight is 361 g/mol. The molecule has 1 unspecified atom stereocenters. The molecule has 0 spiro atoms. The van der Waals surface area contributed by atoms with Gasteiger partial charge in [-0.15, -0.1) is 0 Å². The van der Waals surface area contributed by atoms with Crippen LogP contribution in [0.3, 0.4) is 0 Å². The summed E-state index contributed by atoms with van der Waals surface area (Å²) in [7, 11) is 0. The zero-order valence-electron chi connectivity index (χ0n) is 13.8. The summed E-state index contributed by atoms with van der Waals surface area (Å²) in [5, 5.41) is 6.70. The predicted octanol–water partition coefficient (Wildman–Crippen LogP) is 1.87. The summed E-state index contributed by atoms with van der Waals surface area (Å²) in [5.41, 5.74) is 1.03. The maximum Gasteiger partial charge on any atom is 0.324 e. The number of furan rings is 1. The highest BCUT2D eigenvalue weighted by Crippen LogP contribution is 2.26. The highest BCUT2D eigenvalue weighted by atomic mass is 32.1. The molecule has 0 aliphatic carbocycles. The van der Waals surface area contributed by atoms with Gasteiger partial charge in [-0.2, -0.15) is 11.3 Å². The minimum atomic E-state index is -0.782. The fourth-order valence-electron chi connectivity index (χ4n) is 2.80. The largest absolute Gasteiger partial charge is 0.469 e. The minimum absolute atomic E-state index is 0.145. The number of carbonyl (C=O) groups excluding carboxylic acids is 3. The van der Waals surface area contributed by atoms with Gasteiger partial charge in [0.2, 0.25) is 0 Å². The Kier molecular flexibility index (Phi) is 5.18. The van der Waals surface area contributed by atoms with E-state index >= 15 is 0 Å². The zero-order valence-corrected chi connectivity index (χ0v) is 14.6. The van der Waals surface area contributed by atoms with Crippen LogP contribution in [0.4, 0.5) is 4.79 Å². The number of rotatable bonds is 5. The summed E-state index contributed by atoms with van der Waals surface area (Å²) in [5.74, 6) is -0.829. The Hall–Kier alpha value is -2.61. The lowest BCUT2D eigenvalue weighted by molar-refractivity contribution is -0.153. The van der Waals surface area contributed by atoms with Gasteiger partial charge in [0.05, 0.1) is 12.2 Å². The standard InChI is InChI=1S/C17H19N3O4S/c1-2-19-6-7-20(16(22)15(19)21)17(23)18-10-13(12-5-9-25-11-12)14-4-3-8-24-14/h3-5,8-9,11,13H,2,6-7,10H2,1H3,(H,18,23). The zero-order chi connectivity index (χ0) is 17.8. The molecular weight excluding hydrogens is 342 g/mol. The molecule has 132 valence electrons. The Morgan fingerprint density at radius 1 is 1.32 bits per heavy atom. The van der Waals surface area contributed by atoms with Crippen LogP contribution in [0.25, 0.3) is 0 Å². The Balaban J connectivity index is 1.66. The predicted molar refractivity (Wildman–Crippen MR) is 92.2 cm³/mol. The highest BCUT2D eigenvalue weighted by Gasteiger charge is 2.35. The molecule has 7 nitrogen and oxygen atoms in total. The number of hydrogen-bond donors (Lipinski definition) is 1. The number of hydrogen-bond acceptors (Lipinski definition) is 5. The molecule has 0 saturated carbocycles. The van der Waals surface area contributed by atoms with Gasteiger partial charge in [0.15, 0.2) is 0 Å². The first kappa shape index (κ1) is 17.2. The Labute approximate surface area is 149 Å². The van der Waals surface area contributed by atoms with Crippen LogP contribution in [0.1, 0.15) is 24.2 Å². The summed E-state index contributed by atoms with van der Waals surface area (Å²) in [4.78, 5) is 38.8. The summed E-state index contributed by atoms with van der Waals surface area (Å²) in [6.45, 7) is 3.10. The summed E-state index contributed by atoms with van der Waals surface area (Å²) >= 11 is 1.56. The topological polar surface area (TPSA) is 82.9 Å². The lowest BCUT2D eigenvalue weighted by Crippen LogP contribution is -2.58. The van der Waals surface area contributed by atoms with Crippen LogP contribution >= 0.6 is 11.3 Å². The monoisotopic (exact) mass is 361 g/mol. The molecule has 1 saturated heterocycles. The van der Waals surface area contributed by atoms with Crippen LogP contribution in [0.5, 0.6) is 0 Å². The first-order valence-corrected chi connectivity index (χ1v) is 9.00. The normalized spacial score (nSPS) is 16.2. The number of likely N-dealkylation sites (N-methyl/N-ethyl adjacent to an activating group) is 1. The first-order valence-electron chi connectivity index (χ1n) is 8.06. The third kappa shape index (κ3) is 3.58. The van der Waals surface area contributed by atoms with Gasteiger partial charge in [-0.05, 0) is 41.4 Å². The molecule has 3 heterocycles. The lowest BCUT2D eigenvalue weighted by Gasteiger charge is -2.32. The van der Waals surface area contributed by atoms with Gasteiger partial charge < -0.3 is 14.6 Å². The number of urea groups is 1. The molecule has 0 bridgehead atoms. The first-order chi connectivity index (χ1) is 12.1. The van der Waals surface area contributed by atoms with Crippen molar-refractivity contribution in [3.8, 4) is 0 Å². The van der Waals surface area contributed by atoms with Crippen molar-refractivity contribution in [2.24, 2.45) is 0 Å². The summed E-state index contributed by atoms with van der Waals surface area (Å²) in [6.07, 6.45) is 1.59.